The average Bonchev–Trinajstić information content (AvgIpc) is 2.36. The van der Waals surface area contributed by atoms with E-state index in [1.165, 1.54) is 18.2 Å². The van der Waals surface area contributed by atoms with Crippen LogP contribution in [0.15, 0.2) is 30.5 Å². The van der Waals surface area contributed by atoms with Gasteiger partial charge in [-0.25, -0.2) is 13.8 Å². The molecule has 0 aliphatic carbocycles. The van der Waals surface area contributed by atoms with Crippen molar-refractivity contribution in [2.24, 2.45) is 0 Å². The van der Waals surface area contributed by atoms with E-state index in [1.807, 2.05) is 0 Å². The van der Waals surface area contributed by atoms with E-state index in [-0.39, 0.29) is 22.5 Å². The summed E-state index contributed by atoms with van der Waals surface area (Å²) in [5, 5.41) is -0.00742. The van der Waals surface area contributed by atoms with Crippen LogP contribution in [0.4, 0.5) is 8.78 Å². The van der Waals surface area contributed by atoms with Gasteiger partial charge in [0.1, 0.15) is 17.4 Å². The Morgan fingerprint density at radius 2 is 2.00 bits per heavy atom. The fourth-order valence-corrected chi connectivity index (χ4v) is 1.62. The van der Waals surface area contributed by atoms with Crippen LogP contribution >= 0.6 is 23.2 Å². The molecular formula is C12H7Cl2F2NO. The van der Waals surface area contributed by atoms with Gasteiger partial charge in [-0.1, -0.05) is 11.6 Å². The van der Waals surface area contributed by atoms with E-state index in [2.05, 4.69) is 4.98 Å². The van der Waals surface area contributed by atoms with Crippen LogP contribution in [0, 0.1) is 11.6 Å². The molecule has 2 nitrogen and oxygen atoms in total. The van der Waals surface area contributed by atoms with Crippen LogP contribution in [0.3, 0.4) is 0 Å². The quantitative estimate of drug-likeness (QED) is 0.774. The minimum absolute atomic E-state index is 0.00742. The Labute approximate surface area is 112 Å². The molecule has 0 amide bonds. The van der Waals surface area contributed by atoms with Crippen molar-refractivity contribution in [3.8, 4) is 11.6 Å². The molecule has 18 heavy (non-hydrogen) atoms. The third-order valence-electron chi connectivity index (χ3n) is 2.14. The monoisotopic (exact) mass is 289 g/mol. The summed E-state index contributed by atoms with van der Waals surface area (Å²) in [6.07, 6.45) is 0.998. The molecule has 0 atom stereocenters. The third kappa shape index (κ3) is 2.89. The lowest BCUT2D eigenvalue weighted by Crippen LogP contribution is -1.95. The van der Waals surface area contributed by atoms with Gasteiger partial charge in [-0.15, -0.1) is 11.6 Å². The van der Waals surface area contributed by atoms with Crippen LogP contribution in [0.1, 0.15) is 5.56 Å². The van der Waals surface area contributed by atoms with Gasteiger partial charge in [0.05, 0.1) is 17.1 Å². The maximum atomic E-state index is 13.2. The summed E-state index contributed by atoms with van der Waals surface area (Å²) in [6, 6.07) is 5.16. The van der Waals surface area contributed by atoms with Gasteiger partial charge in [0.15, 0.2) is 0 Å². The topological polar surface area (TPSA) is 22.1 Å². The second-order valence-corrected chi connectivity index (χ2v) is 4.10. The molecule has 1 aromatic heterocycles. The zero-order valence-corrected chi connectivity index (χ0v) is 10.5. The van der Waals surface area contributed by atoms with Crippen molar-refractivity contribution >= 4 is 23.2 Å². The fourth-order valence-electron chi connectivity index (χ4n) is 1.31. The molecule has 0 N–H and O–H groups in total. The molecule has 0 spiro atoms. The highest BCUT2D eigenvalue weighted by atomic mass is 35.5. The number of pyridine rings is 1. The van der Waals surface area contributed by atoms with Crippen LogP contribution in [0.2, 0.25) is 5.02 Å². The van der Waals surface area contributed by atoms with Crippen molar-refractivity contribution in [3.63, 3.8) is 0 Å². The van der Waals surface area contributed by atoms with Crippen LogP contribution < -0.4 is 4.74 Å². The standard InChI is InChI=1S/C12H7Cl2F2NO/c13-5-7-3-8(15)6-17-12(7)18-9-1-2-10(14)11(16)4-9/h1-4,6H,5H2. The van der Waals surface area contributed by atoms with E-state index in [9.17, 15) is 8.78 Å². The summed E-state index contributed by atoms with van der Waals surface area (Å²) in [5.74, 6) is -0.740. The van der Waals surface area contributed by atoms with Crippen LogP contribution in [-0.2, 0) is 5.88 Å². The van der Waals surface area contributed by atoms with Crippen LogP contribution in [0.5, 0.6) is 11.6 Å². The maximum Gasteiger partial charge on any atom is 0.223 e. The lowest BCUT2D eigenvalue weighted by atomic mass is 10.3. The molecule has 2 rings (SSSR count). The van der Waals surface area contributed by atoms with E-state index < -0.39 is 11.6 Å². The van der Waals surface area contributed by atoms with Crippen molar-refractivity contribution < 1.29 is 13.5 Å². The number of ether oxygens (including phenoxy) is 1. The number of halogens is 4. The SMILES string of the molecule is Fc1cnc(Oc2ccc(Cl)c(F)c2)c(CCl)c1. The summed E-state index contributed by atoms with van der Waals surface area (Å²) in [4.78, 5) is 3.76. The number of rotatable bonds is 3. The first-order chi connectivity index (χ1) is 8.60. The Kier molecular flexibility index (Phi) is 3.99. The predicted molar refractivity (Wildman–Crippen MR) is 65.2 cm³/mol. The van der Waals surface area contributed by atoms with E-state index in [0.29, 0.717) is 5.56 Å². The number of hydrogen-bond acceptors (Lipinski definition) is 2. The molecule has 6 heteroatoms. The highest BCUT2D eigenvalue weighted by Gasteiger charge is 2.09. The molecular weight excluding hydrogens is 283 g/mol. The Bertz CT molecular complexity index is 578. The van der Waals surface area contributed by atoms with Gasteiger partial charge in [0.2, 0.25) is 5.88 Å². The van der Waals surface area contributed by atoms with Crippen molar-refractivity contribution in [1.29, 1.82) is 0 Å². The molecule has 0 aliphatic heterocycles. The number of nitrogens with zero attached hydrogens (tertiary/aromatic N) is 1. The summed E-state index contributed by atoms with van der Waals surface area (Å²) < 4.78 is 31.5. The zero-order chi connectivity index (χ0) is 13.1. The molecule has 0 bridgehead atoms. The summed E-state index contributed by atoms with van der Waals surface area (Å²) >= 11 is 11.2. The van der Waals surface area contributed by atoms with E-state index in [4.69, 9.17) is 27.9 Å². The average molecular weight is 290 g/mol. The highest BCUT2D eigenvalue weighted by molar-refractivity contribution is 6.30. The summed E-state index contributed by atoms with van der Waals surface area (Å²) in [6.45, 7) is 0. The number of aromatic nitrogens is 1. The lowest BCUT2D eigenvalue weighted by molar-refractivity contribution is 0.450. The highest BCUT2D eigenvalue weighted by Crippen LogP contribution is 2.27. The summed E-state index contributed by atoms with van der Waals surface area (Å²) in [7, 11) is 0. The van der Waals surface area contributed by atoms with Gasteiger partial charge < -0.3 is 4.74 Å². The maximum absolute atomic E-state index is 13.2. The number of hydrogen-bond donors (Lipinski definition) is 0. The second kappa shape index (κ2) is 5.50. The molecule has 1 aromatic carbocycles. The second-order valence-electron chi connectivity index (χ2n) is 3.43. The molecule has 0 radical (unpaired) electrons. The van der Waals surface area contributed by atoms with E-state index in [1.54, 1.807) is 0 Å². The third-order valence-corrected chi connectivity index (χ3v) is 2.74. The minimum Gasteiger partial charge on any atom is -0.439 e. The Balaban J connectivity index is 2.30. The normalized spacial score (nSPS) is 10.4. The van der Waals surface area contributed by atoms with Crippen LogP contribution in [-0.4, -0.2) is 4.98 Å². The van der Waals surface area contributed by atoms with E-state index >= 15 is 0 Å². The lowest BCUT2D eigenvalue weighted by Gasteiger charge is -2.08. The van der Waals surface area contributed by atoms with Crippen molar-refractivity contribution in [2.45, 2.75) is 5.88 Å². The fraction of sp³-hybridized carbons (Fsp3) is 0.0833. The van der Waals surface area contributed by atoms with Crippen molar-refractivity contribution in [3.05, 3.63) is 52.7 Å². The molecule has 0 aliphatic rings. The van der Waals surface area contributed by atoms with E-state index in [0.717, 1.165) is 12.3 Å². The molecule has 0 fully saturated rings. The van der Waals surface area contributed by atoms with Gasteiger partial charge in [-0.05, 0) is 18.2 Å². The Morgan fingerprint density at radius 1 is 1.22 bits per heavy atom. The van der Waals surface area contributed by atoms with Crippen molar-refractivity contribution in [2.75, 3.05) is 0 Å². The first kappa shape index (κ1) is 13.1. The molecule has 94 valence electrons. The Hall–Kier alpha value is -1.39. The van der Waals surface area contributed by atoms with Crippen molar-refractivity contribution in [1.82, 2.24) is 4.98 Å². The Morgan fingerprint density at radius 3 is 2.67 bits per heavy atom. The number of benzene rings is 1. The van der Waals surface area contributed by atoms with Gasteiger partial charge in [-0.3, -0.25) is 0 Å². The van der Waals surface area contributed by atoms with Gasteiger partial charge >= 0.3 is 0 Å². The summed E-state index contributed by atoms with van der Waals surface area (Å²) in [5.41, 5.74) is 0.382. The first-order valence-corrected chi connectivity index (χ1v) is 5.84. The smallest absolute Gasteiger partial charge is 0.223 e. The van der Waals surface area contributed by atoms with Gasteiger partial charge in [0, 0.05) is 11.6 Å². The number of alkyl halides is 1. The zero-order valence-electron chi connectivity index (χ0n) is 8.96. The largest absolute Gasteiger partial charge is 0.439 e. The molecule has 0 saturated carbocycles. The molecule has 0 saturated heterocycles. The molecule has 2 aromatic rings. The molecule has 1 heterocycles. The van der Waals surface area contributed by atoms with Gasteiger partial charge in [0.25, 0.3) is 0 Å². The minimum atomic E-state index is -0.608. The first-order valence-electron chi connectivity index (χ1n) is 4.93. The van der Waals surface area contributed by atoms with Crippen LogP contribution in [0.25, 0.3) is 0 Å². The predicted octanol–water partition coefficient (Wildman–Crippen LogP) is 4.54. The van der Waals surface area contributed by atoms with Gasteiger partial charge in [-0.2, -0.15) is 0 Å². The molecule has 0 unspecified atom stereocenters.